The normalized spacial score (nSPS) is 11.7. The van der Waals surface area contributed by atoms with Crippen LogP contribution < -0.4 is 0 Å². The van der Waals surface area contributed by atoms with Gasteiger partial charge in [-0.1, -0.05) is 62.6 Å². The van der Waals surface area contributed by atoms with Gasteiger partial charge < -0.3 is 10.2 Å². The molecule has 0 aliphatic heterocycles. The molecule has 1 aromatic carbocycles. The van der Waals surface area contributed by atoms with Gasteiger partial charge in [-0.05, 0) is 24.5 Å². The van der Waals surface area contributed by atoms with Crippen molar-refractivity contribution in [3.63, 3.8) is 0 Å². The fraction of sp³-hybridized carbons (Fsp3) is 0.529. The molecule has 0 amide bonds. The summed E-state index contributed by atoms with van der Waals surface area (Å²) in [6.07, 6.45) is 6.11. The van der Waals surface area contributed by atoms with Crippen molar-refractivity contribution >= 4 is 0 Å². The lowest BCUT2D eigenvalue weighted by Crippen LogP contribution is -2.02. The molecule has 0 radical (unpaired) electrons. The molecule has 0 fully saturated rings. The minimum absolute atomic E-state index is 0.0159. The first-order chi connectivity index (χ1) is 9.27. The molecule has 0 saturated heterocycles. The average molecular weight is 260 g/mol. The molecule has 1 rings (SSSR count). The molecular formula is C17H24O2. The minimum Gasteiger partial charge on any atom is -0.392 e. The van der Waals surface area contributed by atoms with Gasteiger partial charge in [0.15, 0.2) is 0 Å². The van der Waals surface area contributed by atoms with E-state index in [2.05, 4.69) is 18.8 Å². The van der Waals surface area contributed by atoms with Crippen LogP contribution in [-0.2, 0) is 6.61 Å². The molecule has 0 aliphatic rings. The zero-order chi connectivity index (χ0) is 13.9. The smallest absolute Gasteiger partial charge is 0.115 e. The fourth-order valence-electron chi connectivity index (χ4n) is 1.95. The Morgan fingerprint density at radius 3 is 2.58 bits per heavy atom. The molecule has 19 heavy (non-hydrogen) atoms. The summed E-state index contributed by atoms with van der Waals surface area (Å²) >= 11 is 0. The Labute approximate surface area is 116 Å². The lowest BCUT2D eigenvalue weighted by atomic mass is 10.1. The van der Waals surface area contributed by atoms with Crippen molar-refractivity contribution in [1.82, 2.24) is 0 Å². The summed E-state index contributed by atoms with van der Waals surface area (Å²) in [5, 5.41) is 19.0. The van der Waals surface area contributed by atoms with Gasteiger partial charge in [-0.3, -0.25) is 0 Å². The van der Waals surface area contributed by atoms with E-state index in [1.165, 1.54) is 25.7 Å². The molecule has 104 valence electrons. The van der Waals surface area contributed by atoms with Gasteiger partial charge >= 0.3 is 0 Å². The van der Waals surface area contributed by atoms with E-state index >= 15 is 0 Å². The van der Waals surface area contributed by atoms with Crippen LogP contribution in [0, 0.1) is 11.8 Å². The van der Waals surface area contributed by atoms with Crippen molar-refractivity contribution < 1.29 is 10.2 Å². The van der Waals surface area contributed by atoms with Crippen LogP contribution in [0.5, 0.6) is 0 Å². The predicted molar refractivity (Wildman–Crippen MR) is 78.6 cm³/mol. The average Bonchev–Trinajstić information content (AvgIpc) is 2.45. The Morgan fingerprint density at radius 2 is 1.84 bits per heavy atom. The van der Waals surface area contributed by atoms with Gasteiger partial charge in [0.25, 0.3) is 0 Å². The van der Waals surface area contributed by atoms with Crippen LogP contribution >= 0.6 is 0 Å². The molecule has 0 aliphatic carbocycles. The van der Waals surface area contributed by atoms with Crippen LogP contribution in [0.1, 0.15) is 56.6 Å². The SMILES string of the molecule is CCCCCCCC(O)C#Cc1ccccc1CO. The van der Waals surface area contributed by atoms with Gasteiger partial charge in [-0.2, -0.15) is 0 Å². The van der Waals surface area contributed by atoms with Gasteiger partial charge in [0.1, 0.15) is 6.10 Å². The zero-order valence-corrected chi connectivity index (χ0v) is 11.7. The van der Waals surface area contributed by atoms with Crippen LogP contribution in [-0.4, -0.2) is 16.3 Å². The highest BCUT2D eigenvalue weighted by Crippen LogP contribution is 2.09. The third-order valence-electron chi connectivity index (χ3n) is 3.14. The summed E-state index contributed by atoms with van der Waals surface area (Å²) in [5.74, 6) is 5.81. The Hall–Kier alpha value is -1.30. The van der Waals surface area contributed by atoms with Crippen LogP contribution in [0.4, 0.5) is 0 Å². The highest BCUT2D eigenvalue weighted by atomic mass is 16.3. The first-order valence-corrected chi connectivity index (χ1v) is 7.16. The first kappa shape index (κ1) is 15.8. The third-order valence-corrected chi connectivity index (χ3v) is 3.14. The molecule has 0 heterocycles. The second-order valence-electron chi connectivity index (χ2n) is 4.80. The number of hydrogen-bond donors (Lipinski definition) is 2. The third kappa shape index (κ3) is 6.42. The van der Waals surface area contributed by atoms with Crippen molar-refractivity contribution in [3.8, 4) is 11.8 Å². The number of aliphatic hydroxyl groups excluding tert-OH is 2. The quantitative estimate of drug-likeness (QED) is 0.583. The summed E-state index contributed by atoms with van der Waals surface area (Å²) in [6.45, 7) is 2.18. The summed E-state index contributed by atoms with van der Waals surface area (Å²) in [4.78, 5) is 0. The largest absolute Gasteiger partial charge is 0.392 e. The molecular weight excluding hydrogens is 236 g/mol. The Balaban J connectivity index is 2.39. The van der Waals surface area contributed by atoms with E-state index in [-0.39, 0.29) is 6.61 Å². The van der Waals surface area contributed by atoms with Crippen LogP contribution in [0.2, 0.25) is 0 Å². The first-order valence-electron chi connectivity index (χ1n) is 7.16. The molecule has 2 heteroatoms. The topological polar surface area (TPSA) is 40.5 Å². The molecule has 1 unspecified atom stereocenters. The van der Waals surface area contributed by atoms with Gasteiger partial charge in [-0.15, -0.1) is 0 Å². The number of benzene rings is 1. The Bertz CT molecular complexity index is 415. The fourth-order valence-corrected chi connectivity index (χ4v) is 1.95. The van der Waals surface area contributed by atoms with E-state index in [1.54, 1.807) is 0 Å². The van der Waals surface area contributed by atoms with Crippen molar-refractivity contribution in [3.05, 3.63) is 35.4 Å². The summed E-state index contributed by atoms with van der Waals surface area (Å²) in [6, 6.07) is 7.48. The van der Waals surface area contributed by atoms with E-state index in [9.17, 15) is 10.2 Å². The van der Waals surface area contributed by atoms with Crippen molar-refractivity contribution in [2.24, 2.45) is 0 Å². The van der Waals surface area contributed by atoms with Gasteiger partial charge in [0, 0.05) is 5.56 Å². The standard InChI is InChI=1S/C17H24O2/c1-2-3-4-5-6-11-17(19)13-12-15-9-7-8-10-16(15)14-18/h7-10,17-19H,2-6,11,14H2,1H3. The van der Waals surface area contributed by atoms with Crippen molar-refractivity contribution in [2.75, 3.05) is 0 Å². The maximum atomic E-state index is 9.79. The summed E-state index contributed by atoms with van der Waals surface area (Å²) in [5.41, 5.74) is 1.61. The van der Waals surface area contributed by atoms with Gasteiger partial charge in [0.05, 0.1) is 6.61 Å². The molecule has 1 aromatic rings. The Morgan fingerprint density at radius 1 is 1.11 bits per heavy atom. The predicted octanol–water partition coefficient (Wildman–Crippen LogP) is 3.25. The summed E-state index contributed by atoms with van der Waals surface area (Å²) < 4.78 is 0. The van der Waals surface area contributed by atoms with Crippen molar-refractivity contribution in [1.29, 1.82) is 0 Å². The molecule has 1 atom stereocenters. The highest BCUT2D eigenvalue weighted by molar-refractivity contribution is 5.41. The van der Waals surface area contributed by atoms with Crippen LogP contribution in [0.3, 0.4) is 0 Å². The van der Waals surface area contributed by atoms with Crippen molar-refractivity contribution in [2.45, 2.75) is 58.2 Å². The molecule has 2 N–H and O–H groups in total. The lowest BCUT2D eigenvalue weighted by molar-refractivity contribution is 0.217. The number of aliphatic hydroxyl groups is 2. The van der Waals surface area contributed by atoms with E-state index in [4.69, 9.17) is 0 Å². The molecule has 0 spiro atoms. The number of rotatable bonds is 7. The molecule has 0 saturated carbocycles. The van der Waals surface area contributed by atoms with E-state index in [0.29, 0.717) is 0 Å². The lowest BCUT2D eigenvalue weighted by Gasteiger charge is -2.03. The van der Waals surface area contributed by atoms with Gasteiger partial charge in [-0.25, -0.2) is 0 Å². The number of unbranched alkanes of at least 4 members (excludes halogenated alkanes) is 4. The minimum atomic E-state index is -0.562. The van der Waals surface area contributed by atoms with E-state index < -0.39 is 6.10 Å². The summed E-state index contributed by atoms with van der Waals surface area (Å²) in [7, 11) is 0. The van der Waals surface area contributed by atoms with E-state index in [0.717, 1.165) is 24.0 Å². The Kier molecular flexibility index (Phi) is 7.97. The monoisotopic (exact) mass is 260 g/mol. The van der Waals surface area contributed by atoms with Crippen LogP contribution in [0.15, 0.2) is 24.3 Å². The highest BCUT2D eigenvalue weighted by Gasteiger charge is 2.00. The maximum Gasteiger partial charge on any atom is 0.115 e. The van der Waals surface area contributed by atoms with Gasteiger partial charge in [0.2, 0.25) is 0 Å². The number of hydrogen-bond acceptors (Lipinski definition) is 2. The zero-order valence-electron chi connectivity index (χ0n) is 11.7. The molecule has 0 aromatic heterocycles. The molecule has 2 nitrogen and oxygen atoms in total. The van der Waals surface area contributed by atoms with Crippen LogP contribution in [0.25, 0.3) is 0 Å². The second kappa shape index (κ2) is 9.61. The molecule has 0 bridgehead atoms. The second-order valence-corrected chi connectivity index (χ2v) is 4.80. The maximum absolute atomic E-state index is 9.79. The van der Waals surface area contributed by atoms with E-state index in [1.807, 2.05) is 24.3 Å².